The fraction of sp³-hybridized carbons (Fsp3) is 0.176. The average Bonchev–Trinajstić information content (AvgIpc) is 2.51. The minimum atomic E-state index is -0.504. The molecule has 114 valence electrons. The highest BCUT2D eigenvalue weighted by atomic mass is 16.5. The first-order valence-electron chi connectivity index (χ1n) is 6.86. The quantitative estimate of drug-likeness (QED) is 0.533. The van der Waals surface area contributed by atoms with Crippen LogP contribution in [0.4, 0.5) is 5.69 Å². The van der Waals surface area contributed by atoms with Crippen molar-refractivity contribution in [2.75, 3.05) is 12.3 Å². The number of rotatable bonds is 4. The maximum absolute atomic E-state index is 12.0. The van der Waals surface area contributed by atoms with Gasteiger partial charge in [-0.1, -0.05) is 6.07 Å². The summed E-state index contributed by atoms with van der Waals surface area (Å²) >= 11 is 0. The highest BCUT2D eigenvalue weighted by molar-refractivity contribution is 5.92. The maximum Gasteiger partial charge on any atom is 0.343 e. The van der Waals surface area contributed by atoms with Gasteiger partial charge in [0.2, 0.25) is 0 Å². The molecule has 0 saturated carbocycles. The van der Waals surface area contributed by atoms with Gasteiger partial charge in [-0.05, 0) is 55.8 Å². The van der Waals surface area contributed by atoms with Crippen LogP contribution in [0.15, 0.2) is 42.5 Å². The van der Waals surface area contributed by atoms with Crippen LogP contribution in [0.25, 0.3) is 0 Å². The summed E-state index contributed by atoms with van der Waals surface area (Å²) in [5.74, 6) is -0.570. The Morgan fingerprint density at radius 1 is 1.00 bits per heavy atom. The topological polar surface area (TPSA) is 78.6 Å². The Labute approximate surface area is 128 Å². The van der Waals surface area contributed by atoms with Gasteiger partial charge in [0.25, 0.3) is 0 Å². The lowest BCUT2D eigenvalue weighted by Gasteiger charge is -2.07. The van der Waals surface area contributed by atoms with Gasteiger partial charge in [-0.2, -0.15) is 0 Å². The van der Waals surface area contributed by atoms with Crippen LogP contribution < -0.4 is 10.5 Å². The molecule has 2 rings (SSSR count). The third-order valence-electron chi connectivity index (χ3n) is 3.09. The van der Waals surface area contributed by atoms with E-state index in [-0.39, 0.29) is 0 Å². The monoisotopic (exact) mass is 299 g/mol. The molecule has 0 fully saturated rings. The second kappa shape index (κ2) is 6.76. The van der Waals surface area contributed by atoms with Crippen LogP contribution in [-0.4, -0.2) is 18.5 Å². The number of hydrogen-bond donors (Lipinski definition) is 1. The van der Waals surface area contributed by atoms with Gasteiger partial charge in [-0.15, -0.1) is 0 Å². The highest BCUT2D eigenvalue weighted by Gasteiger charge is 2.11. The lowest BCUT2D eigenvalue weighted by molar-refractivity contribution is 0.0526. The Hall–Kier alpha value is -2.82. The molecule has 5 nitrogen and oxygen atoms in total. The van der Waals surface area contributed by atoms with Crippen molar-refractivity contribution in [2.24, 2.45) is 0 Å². The zero-order chi connectivity index (χ0) is 16.1. The van der Waals surface area contributed by atoms with Gasteiger partial charge in [0, 0.05) is 5.69 Å². The smallest absolute Gasteiger partial charge is 0.343 e. The predicted molar refractivity (Wildman–Crippen MR) is 82.9 cm³/mol. The summed E-state index contributed by atoms with van der Waals surface area (Å²) in [6.45, 7) is 3.91. The first-order chi connectivity index (χ1) is 10.5. The van der Waals surface area contributed by atoms with Crippen molar-refractivity contribution in [1.29, 1.82) is 0 Å². The Morgan fingerprint density at radius 2 is 1.64 bits per heavy atom. The Kier molecular flexibility index (Phi) is 4.78. The number of benzene rings is 2. The van der Waals surface area contributed by atoms with E-state index in [1.54, 1.807) is 49.4 Å². The molecule has 0 bridgehead atoms. The number of nitrogens with two attached hydrogens (primary N) is 1. The molecule has 0 heterocycles. The predicted octanol–water partition coefficient (Wildman–Crippen LogP) is 2.97. The molecule has 0 spiro atoms. The van der Waals surface area contributed by atoms with Gasteiger partial charge < -0.3 is 15.2 Å². The summed E-state index contributed by atoms with van der Waals surface area (Å²) in [6, 6.07) is 11.2. The third-order valence-corrected chi connectivity index (χ3v) is 3.09. The van der Waals surface area contributed by atoms with E-state index in [1.165, 1.54) is 0 Å². The van der Waals surface area contributed by atoms with E-state index >= 15 is 0 Å². The van der Waals surface area contributed by atoms with Gasteiger partial charge in [0.15, 0.2) is 0 Å². The van der Waals surface area contributed by atoms with Crippen molar-refractivity contribution < 1.29 is 19.1 Å². The van der Waals surface area contributed by atoms with E-state index in [0.717, 1.165) is 5.56 Å². The molecular formula is C17H17NO4. The van der Waals surface area contributed by atoms with E-state index in [1.807, 2.05) is 6.92 Å². The Balaban J connectivity index is 2.08. The van der Waals surface area contributed by atoms with Gasteiger partial charge in [0.1, 0.15) is 5.75 Å². The van der Waals surface area contributed by atoms with Crippen LogP contribution in [0.5, 0.6) is 5.75 Å². The number of anilines is 1. The SMILES string of the molecule is CCOC(=O)c1ccc(OC(=O)c2ccc(C)c(N)c2)cc1. The fourth-order valence-electron chi connectivity index (χ4n) is 1.81. The highest BCUT2D eigenvalue weighted by Crippen LogP contribution is 2.17. The number of hydrogen-bond acceptors (Lipinski definition) is 5. The molecule has 5 heteroatoms. The van der Waals surface area contributed by atoms with Crippen molar-refractivity contribution in [1.82, 2.24) is 0 Å². The van der Waals surface area contributed by atoms with Gasteiger partial charge in [0.05, 0.1) is 17.7 Å². The molecule has 22 heavy (non-hydrogen) atoms. The third kappa shape index (κ3) is 3.63. The van der Waals surface area contributed by atoms with Crippen molar-refractivity contribution >= 4 is 17.6 Å². The first-order valence-corrected chi connectivity index (χ1v) is 6.86. The number of carbonyl (C=O) groups is 2. The molecule has 0 aliphatic rings. The van der Waals surface area contributed by atoms with E-state index in [2.05, 4.69) is 0 Å². The zero-order valence-electron chi connectivity index (χ0n) is 12.5. The summed E-state index contributed by atoms with van der Waals surface area (Å²) < 4.78 is 10.1. The number of esters is 2. The molecule has 2 N–H and O–H groups in total. The number of ether oxygens (including phenoxy) is 2. The molecule has 2 aromatic carbocycles. The molecule has 0 atom stereocenters. The minimum Gasteiger partial charge on any atom is -0.462 e. The number of nitrogen functional groups attached to an aromatic ring is 1. The van der Waals surface area contributed by atoms with Crippen molar-refractivity contribution in [3.8, 4) is 5.75 Å². The summed E-state index contributed by atoms with van der Waals surface area (Å²) in [6.07, 6.45) is 0. The number of carbonyl (C=O) groups excluding carboxylic acids is 2. The Bertz CT molecular complexity index is 692. The van der Waals surface area contributed by atoms with Crippen LogP contribution in [0, 0.1) is 6.92 Å². The van der Waals surface area contributed by atoms with E-state index < -0.39 is 11.9 Å². The second-order valence-electron chi connectivity index (χ2n) is 4.71. The van der Waals surface area contributed by atoms with Crippen LogP contribution in [0.2, 0.25) is 0 Å². The lowest BCUT2D eigenvalue weighted by atomic mass is 10.1. The molecule has 0 aliphatic heterocycles. The van der Waals surface area contributed by atoms with Gasteiger partial charge >= 0.3 is 11.9 Å². The van der Waals surface area contributed by atoms with Gasteiger partial charge in [-0.25, -0.2) is 9.59 Å². The summed E-state index contributed by atoms with van der Waals surface area (Å²) in [5, 5.41) is 0. The van der Waals surface area contributed by atoms with Crippen LogP contribution in [-0.2, 0) is 4.74 Å². The molecule has 0 aromatic heterocycles. The largest absolute Gasteiger partial charge is 0.462 e. The van der Waals surface area contributed by atoms with Crippen LogP contribution >= 0.6 is 0 Å². The molecular weight excluding hydrogens is 282 g/mol. The van der Waals surface area contributed by atoms with E-state index in [9.17, 15) is 9.59 Å². The van der Waals surface area contributed by atoms with Crippen LogP contribution in [0.3, 0.4) is 0 Å². The number of aryl methyl sites for hydroxylation is 1. The van der Waals surface area contributed by atoms with E-state index in [0.29, 0.717) is 29.2 Å². The standard InChI is InChI=1S/C17H17NO4/c1-3-21-16(19)12-6-8-14(9-7-12)22-17(20)13-5-4-11(2)15(18)10-13/h4-10H,3,18H2,1-2H3. The minimum absolute atomic E-state index is 0.310. The zero-order valence-corrected chi connectivity index (χ0v) is 12.5. The summed E-state index contributed by atoms with van der Waals surface area (Å²) in [7, 11) is 0. The van der Waals surface area contributed by atoms with Gasteiger partial charge in [-0.3, -0.25) is 0 Å². The van der Waals surface area contributed by atoms with Crippen molar-refractivity contribution in [2.45, 2.75) is 13.8 Å². The molecule has 0 saturated heterocycles. The van der Waals surface area contributed by atoms with Crippen molar-refractivity contribution in [3.05, 3.63) is 59.2 Å². The Morgan fingerprint density at radius 3 is 2.23 bits per heavy atom. The molecule has 2 aromatic rings. The molecule has 0 amide bonds. The maximum atomic E-state index is 12.0. The summed E-state index contributed by atoms with van der Waals surface area (Å²) in [4.78, 5) is 23.6. The molecule has 0 unspecified atom stereocenters. The molecule has 0 radical (unpaired) electrons. The van der Waals surface area contributed by atoms with Crippen molar-refractivity contribution in [3.63, 3.8) is 0 Å². The fourth-order valence-corrected chi connectivity index (χ4v) is 1.81. The van der Waals surface area contributed by atoms with Crippen LogP contribution in [0.1, 0.15) is 33.2 Å². The first kappa shape index (κ1) is 15.6. The summed E-state index contributed by atoms with van der Waals surface area (Å²) in [5.41, 5.74) is 7.98. The average molecular weight is 299 g/mol. The van der Waals surface area contributed by atoms with E-state index in [4.69, 9.17) is 15.2 Å². The second-order valence-corrected chi connectivity index (χ2v) is 4.71. The molecule has 0 aliphatic carbocycles. The lowest BCUT2D eigenvalue weighted by Crippen LogP contribution is -2.10. The normalized spacial score (nSPS) is 10.1.